The van der Waals surface area contributed by atoms with E-state index in [1.165, 1.54) is 4.90 Å². The molecule has 0 bridgehead atoms. The fourth-order valence-electron chi connectivity index (χ4n) is 1.60. The molecule has 0 unspecified atom stereocenters. The van der Waals surface area contributed by atoms with Crippen molar-refractivity contribution in [3.63, 3.8) is 0 Å². The lowest BCUT2D eigenvalue weighted by Gasteiger charge is -2.16. The fourth-order valence-corrected chi connectivity index (χ4v) is 2.07. The molecular weight excluding hydrogens is 263 g/mol. The van der Waals surface area contributed by atoms with Crippen LogP contribution in [0.15, 0.2) is 18.2 Å². The molecule has 1 N–H and O–H groups in total. The molecule has 1 aliphatic heterocycles. The Labute approximate surface area is 108 Å². The molecule has 0 atom stereocenters. The molecule has 1 aromatic carbocycles. The molecule has 0 aliphatic carbocycles. The van der Waals surface area contributed by atoms with E-state index in [2.05, 4.69) is 5.32 Å². The molecule has 1 fully saturated rings. The summed E-state index contributed by atoms with van der Waals surface area (Å²) in [6, 6.07) is 4.98. The second-order valence-electron chi connectivity index (χ2n) is 3.67. The van der Waals surface area contributed by atoms with Gasteiger partial charge in [0.25, 0.3) is 0 Å². The van der Waals surface area contributed by atoms with Gasteiger partial charge in [0.15, 0.2) is 0 Å². The van der Waals surface area contributed by atoms with Gasteiger partial charge in [-0.25, -0.2) is 0 Å². The van der Waals surface area contributed by atoms with Gasteiger partial charge < -0.3 is 5.32 Å². The van der Waals surface area contributed by atoms with Crippen molar-refractivity contribution in [3.05, 3.63) is 28.2 Å². The summed E-state index contributed by atoms with van der Waals surface area (Å²) in [5.74, 6) is -0.319. The molecule has 0 radical (unpaired) electrons. The lowest BCUT2D eigenvalue weighted by molar-refractivity contribution is -0.137. The van der Waals surface area contributed by atoms with Crippen LogP contribution in [0.4, 0.5) is 5.69 Å². The third kappa shape index (κ3) is 2.70. The van der Waals surface area contributed by atoms with Gasteiger partial charge in [0, 0.05) is 17.9 Å². The van der Waals surface area contributed by atoms with Crippen molar-refractivity contribution in [3.8, 4) is 0 Å². The van der Waals surface area contributed by atoms with E-state index in [-0.39, 0.29) is 31.3 Å². The van der Waals surface area contributed by atoms with Gasteiger partial charge in [0.1, 0.15) is 0 Å². The third-order valence-corrected chi connectivity index (χ3v) is 3.06. The number of anilines is 1. The van der Waals surface area contributed by atoms with Crippen molar-refractivity contribution in [1.82, 2.24) is 4.90 Å². The Morgan fingerprint density at radius 3 is 2.41 bits per heavy atom. The van der Waals surface area contributed by atoms with Gasteiger partial charge in [0.05, 0.1) is 17.4 Å². The molecular formula is C11H10Cl2N2O2. The van der Waals surface area contributed by atoms with Crippen LogP contribution in [0.25, 0.3) is 0 Å². The summed E-state index contributed by atoms with van der Waals surface area (Å²) in [5, 5.41) is 3.93. The Kier molecular flexibility index (Phi) is 3.54. The third-order valence-electron chi connectivity index (χ3n) is 2.51. The topological polar surface area (TPSA) is 49.4 Å². The van der Waals surface area contributed by atoms with E-state index < -0.39 is 0 Å². The zero-order chi connectivity index (χ0) is 12.4. The highest BCUT2D eigenvalue weighted by molar-refractivity contribution is 6.36. The van der Waals surface area contributed by atoms with E-state index >= 15 is 0 Å². The van der Waals surface area contributed by atoms with Crippen molar-refractivity contribution in [2.24, 2.45) is 0 Å². The second kappa shape index (κ2) is 4.94. The van der Waals surface area contributed by atoms with Gasteiger partial charge in [-0.3, -0.25) is 14.5 Å². The summed E-state index contributed by atoms with van der Waals surface area (Å²) in [5.41, 5.74) is 0.642. The zero-order valence-electron chi connectivity index (χ0n) is 8.87. The number of imide groups is 1. The predicted octanol–water partition coefficient (Wildman–Crippen LogP) is 2.51. The van der Waals surface area contributed by atoms with Crippen molar-refractivity contribution >= 4 is 40.7 Å². The molecule has 1 saturated heterocycles. The molecule has 0 aromatic heterocycles. The van der Waals surface area contributed by atoms with Gasteiger partial charge in [0.2, 0.25) is 11.8 Å². The first-order valence-electron chi connectivity index (χ1n) is 5.10. The summed E-state index contributed by atoms with van der Waals surface area (Å²) in [4.78, 5) is 23.9. The maximum atomic E-state index is 11.4. The molecule has 0 saturated carbocycles. The van der Waals surface area contributed by atoms with E-state index in [0.717, 1.165) is 0 Å². The maximum absolute atomic E-state index is 11.4. The minimum Gasteiger partial charge on any atom is -0.366 e. The molecule has 2 rings (SSSR count). The number of hydrogen-bond donors (Lipinski definition) is 1. The maximum Gasteiger partial charge on any atom is 0.231 e. The number of nitrogens with one attached hydrogen (secondary N) is 1. The summed E-state index contributed by atoms with van der Waals surface area (Å²) in [7, 11) is 0. The van der Waals surface area contributed by atoms with Gasteiger partial charge in [-0.05, 0) is 18.2 Å². The van der Waals surface area contributed by atoms with Crippen LogP contribution >= 0.6 is 23.2 Å². The summed E-state index contributed by atoms with van der Waals surface area (Å²) < 4.78 is 0. The van der Waals surface area contributed by atoms with Crippen LogP contribution in [0.5, 0.6) is 0 Å². The second-order valence-corrected chi connectivity index (χ2v) is 4.52. The molecule has 1 aliphatic rings. The number of halogens is 2. The Hall–Kier alpha value is -1.26. The SMILES string of the molecule is O=C1CCC(=O)N1CNc1ccc(Cl)cc1Cl. The van der Waals surface area contributed by atoms with E-state index in [1.807, 2.05) is 0 Å². The van der Waals surface area contributed by atoms with Crippen molar-refractivity contribution < 1.29 is 9.59 Å². The Balaban J connectivity index is 2.02. The molecule has 2 amide bonds. The van der Waals surface area contributed by atoms with Crippen LogP contribution in [-0.4, -0.2) is 23.4 Å². The minimum absolute atomic E-state index is 0.138. The molecule has 4 nitrogen and oxygen atoms in total. The lowest BCUT2D eigenvalue weighted by atomic mass is 10.3. The quantitative estimate of drug-likeness (QED) is 0.861. The first-order chi connectivity index (χ1) is 8.08. The number of carbonyl (C=O) groups is 2. The molecule has 6 heteroatoms. The molecule has 0 spiro atoms. The normalized spacial score (nSPS) is 15.5. The zero-order valence-corrected chi connectivity index (χ0v) is 10.4. The van der Waals surface area contributed by atoms with E-state index in [0.29, 0.717) is 15.7 Å². The monoisotopic (exact) mass is 272 g/mol. The van der Waals surface area contributed by atoms with Crippen LogP contribution in [0.1, 0.15) is 12.8 Å². The number of hydrogen-bond acceptors (Lipinski definition) is 3. The average Bonchev–Trinajstić information content (AvgIpc) is 2.58. The largest absolute Gasteiger partial charge is 0.366 e. The number of likely N-dealkylation sites (tertiary alicyclic amines) is 1. The van der Waals surface area contributed by atoms with Crippen LogP contribution in [0.3, 0.4) is 0 Å². The molecule has 1 heterocycles. The highest BCUT2D eigenvalue weighted by atomic mass is 35.5. The number of amides is 2. The number of carbonyl (C=O) groups excluding carboxylic acids is 2. The fraction of sp³-hybridized carbons (Fsp3) is 0.273. The number of nitrogens with zero attached hydrogens (tertiary/aromatic N) is 1. The van der Waals surface area contributed by atoms with Gasteiger partial charge in [-0.2, -0.15) is 0 Å². The molecule has 1 aromatic rings. The van der Waals surface area contributed by atoms with E-state index in [4.69, 9.17) is 23.2 Å². The van der Waals surface area contributed by atoms with E-state index in [1.54, 1.807) is 18.2 Å². The van der Waals surface area contributed by atoms with E-state index in [9.17, 15) is 9.59 Å². The highest BCUT2D eigenvalue weighted by Gasteiger charge is 2.28. The van der Waals surface area contributed by atoms with Crippen LogP contribution < -0.4 is 5.32 Å². The standard InChI is InChI=1S/C11H10Cl2N2O2/c12-7-1-2-9(8(13)5-7)14-6-15-10(16)3-4-11(15)17/h1-2,5,14H,3-4,6H2. The summed E-state index contributed by atoms with van der Waals surface area (Å²) in [6.45, 7) is 0.138. The molecule has 17 heavy (non-hydrogen) atoms. The first kappa shape index (κ1) is 12.2. The Bertz CT molecular complexity index is 461. The van der Waals surface area contributed by atoms with Gasteiger partial charge in [-0.15, -0.1) is 0 Å². The van der Waals surface area contributed by atoms with Gasteiger partial charge >= 0.3 is 0 Å². The average molecular weight is 273 g/mol. The van der Waals surface area contributed by atoms with Crippen molar-refractivity contribution in [1.29, 1.82) is 0 Å². The number of benzene rings is 1. The van der Waals surface area contributed by atoms with Gasteiger partial charge in [-0.1, -0.05) is 23.2 Å². The van der Waals surface area contributed by atoms with Crippen LogP contribution in [-0.2, 0) is 9.59 Å². The summed E-state index contributed by atoms with van der Waals surface area (Å²) in [6.07, 6.45) is 0.573. The van der Waals surface area contributed by atoms with Crippen molar-refractivity contribution in [2.45, 2.75) is 12.8 Å². The highest BCUT2D eigenvalue weighted by Crippen LogP contribution is 2.25. The number of rotatable bonds is 3. The Morgan fingerprint density at radius 2 is 1.82 bits per heavy atom. The minimum atomic E-state index is -0.160. The summed E-state index contributed by atoms with van der Waals surface area (Å²) >= 11 is 11.7. The van der Waals surface area contributed by atoms with Crippen LogP contribution in [0.2, 0.25) is 10.0 Å². The van der Waals surface area contributed by atoms with Crippen LogP contribution in [0, 0.1) is 0 Å². The smallest absolute Gasteiger partial charge is 0.231 e. The Morgan fingerprint density at radius 1 is 1.18 bits per heavy atom. The van der Waals surface area contributed by atoms with Crippen molar-refractivity contribution in [2.75, 3.05) is 12.0 Å². The molecule has 90 valence electrons. The lowest BCUT2D eigenvalue weighted by Crippen LogP contribution is -2.33. The predicted molar refractivity (Wildman–Crippen MR) is 66.0 cm³/mol. The first-order valence-corrected chi connectivity index (χ1v) is 5.85.